The Bertz CT molecular complexity index is 1060. The molecule has 0 aliphatic rings. The number of nitrogens with zero attached hydrogens (tertiary/aromatic N) is 1. The number of nitrogens with one attached hydrogen (secondary N) is 2. The predicted molar refractivity (Wildman–Crippen MR) is 139 cm³/mol. The van der Waals surface area contributed by atoms with E-state index in [1.54, 1.807) is 76.4 Å². The molecule has 2 N–H and O–H groups in total. The number of esters is 2. The van der Waals surface area contributed by atoms with E-state index in [2.05, 4.69) is 15.6 Å². The summed E-state index contributed by atoms with van der Waals surface area (Å²) in [5.41, 5.74) is 0.300. The summed E-state index contributed by atoms with van der Waals surface area (Å²) >= 11 is 5.99. The van der Waals surface area contributed by atoms with Crippen LogP contribution in [0.25, 0.3) is 0 Å². The summed E-state index contributed by atoms with van der Waals surface area (Å²) in [6.07, 6.45) is 1.58. The fourth-order valence-electron chi connectivity index (χ4n) is 3.53. The largest absolute Gasteiger partial charge is 0.466 e. The Hall–Kier alpha value is -3.46. The maximum atomic E-state index is 13.4. The van der Waals surface area contributed by atoms with Crippen molar-refractivity contribution in [3.05, 3.63) is 64.9 Å². The van der Waals surface area contributed by atoms with Crippen LogP contribution in [0.2, 0.25) is 5.02 Å². The normalized spacial score (nSPS) is 12.7. The number of aromatic nitrogens is 1. The number of ether oxygens (including phenoxy) is 2. The minimum absolute atomic E-state index is 0.00999. The van der Waals surface area contributed by atoms with Gasteiger partial charge in [0.1, 0.15) is 12.1 Å². The summed E-state index contributed by atoms with van der Waals surface area (Å²) < 4.78 is 10.0. The minimum Gasteiger partial charge on any atom is -0.466 e. The molecular weight excluding hydrogens is 498 g/mol. The molecular formula is C27H34ClN3O6. The zero-order chi connectivity index (χ0) is 27.4. The summed E-state index contributed by atoms with van der Waals surface area (Å²) in [5.74, 6) is -2.17. The lowest BCUT2D eigenvalue weighted by Crippen LogP contribution is -2.55. The SMILES string of the molecule is CCOC(=O)CC[C@@H](NC(=O)[C@H](Cc1ccccn1)NC(=O)C(C)(C)c1ccc(Cl)cc1)C(=O)OCC. The number of amides is 2. The van der Waals surface area contributed by atoms with Crippen LogP contribution >= 0.6 is 11.6 Å². The van der Waals surface area contributed by atoms with E-state index < -0.39 is 41.3 Å². The van der Waals surface area contributed by atoms with Crippen molar-refractivity contribution in [2.75, 3.05) is 13.2 Å². The van der Waals surface area contributed by atoms with Gasteiger partial charge in [0.15, 0.2) is 0 Å². The molecule has 10 heteroatoms. The number of benzene rings is 1. The first-order chi connectivity index (χ1) is 17.6. The summed E-state index contributed by atoms with van der Waals surface area (Å²) in [7, 11) is 0. The topological polar surface area (TPSA) is 124 Å². The van der Waals surface area contributed by atoms with Gasteiger partial charge < -0.3 is 20.1 Å². The molecule has 2 aromatic rings. The maximum Gasteiger partial charge on any atom is 0.328 e. The highest BCUT2D eigenvalue weighted by molar-refractivity contribution is 6.30. The fourth-order valence-corrected chi connectivity index (χ4v) is 3.66. The van der Waals surface area contributed by atoms with E-state index in [1.807, 2.05) is 0 Å². The van der Waals surface area contributed by atoms with Crippen molar-refractivity contribution < 1.29 is 28.7 Å². The van der Waals surface area contributed by atoms with Crippen molar-refractivity contribution in [3.63, 3.8) is 0 Å². The number of hydrogen-bond acceptors (Lipinski definition) is 7. The smallest absolute Gasteiger partial charge is 0.328 e. The number of carbonyl (C=O) groups is 4. The zero-order valence-corrected chi connectivity index (χ0v) is 22.3. The summed E-state index contributed by atoms with van der Waals surface area (Å²) in [5, 5.41) is 6.00. The van der Waals surface area contributed by atoms with Gasteiger partial charge in [-0.1, -0.05) is 29.8 Å². The first kappa shape index (κ1) is 29.8. The zero-order valence-electron chi connectivity index (χ0n) is 21.6. The van der Waals surface area contributed by atoms with Crippen molar-refractivity contribution in [1.29, 1.82) is 0 Å². The lowest BCUT2D eigenvalue weighted by molar-refractivity contribution is -0.149. The van der Waals surface area contributed by atoms with Gasteiger partial charge in [-0.05, 0) is 63.9 Å². The minimum atomic E-state index is -1.09. The van der Waals surface area contributed by atoms with E-state index in [-0.39, 0.29) is 32.5 Å². The van der Waals surface area contributed by atoms with Crippen LogP contribution in [0.1, 0.15) is 51.8 Å². The molecule has 0 aliphatic carbocycles. The first-order valence-electron chi connectivity index (χ1n) is 12.2. The molecule has 37 heavy (non-hydrogen) atoms. The second kappa shape index (κ2) is 14.3. The van der Waals surface area contributed by atoms with Crippen LogP contribution in [-0.4, -0.2) is 54.0 Å². The Morgan fingerprint density at radius 1 is 0.946 bits per heavy atom. The monoisotopic (exact) mass is 531 g/mol. The second-order valence-corrected chi connectivity index (χ2v) is 9.28. The second-order valence-electron chi connectivity index (χ2n) is 8.84. The number of pyridine rings is 1. The van der Waals surface area contributed by atoms with E-state index in [1.165, 1.54) is 0 Å². The number of hydrogen-bond donors (Lipinski definition) is 2. The average molecular weight is 532 g/mol. The van der Waals surface area contributed by atoms with Crippen LogP contribution in [0.5, 0.6) is 0 Å². The van der Waals surface area contributed by atoms with Crippen molar-refractivity contribution in [1.82, 2.24) is 15.6 Å². The lowest BCUT2D eigenvalue weighted by atomic mass is 9.83. The lowest BCUT2D eigenvalue weighted by Gasteiger charge is -2.28. The number of carbonyl (C=O) groups excluding carboxylic acids is 4. The summed E-state index contributed by atoms with van der Waals surface area (Å²) in [6.45, 7) is 7.11. The average Bonchev–Trinajstić information content (AvgIpc) is 2.87. The number of halogens is 1. The molecule has 2 rings (SSSR count). The summed E-state index contributed by atoms with van der Waals surface area (Å²) in [6, 6.07) is 10.0. The van der Waals surface area contributed by atoms with Crippen LogP contribution in [0.15, 0.2) is 48.7 Å². The van der Waals surface area contributed by atoms with Gasteiger partial charge in [-0.2, -0.15) is 0 Å². The van der Waals surface area contributed by atoms with Gasteiger partial charge in [0, 0.05) is 29.8 Å². The maximum absolute atomic E-state index is 13.4. The first-order valence-corrected chi connectivity index (χ1v) is 12.6. The van der Waals surface area contributed by atoms with Crippen molar-refractivity contribution in [2.24, 2.45) is 0 Å². The Morgan fingerprint density at radius 2 is 1.62 bits per heavy atom. The highest BCUT2D eigenvalue weighted by atomic mass is 35.5. The van der Waals surface area contributed by atoms with Gasteiger partial charge in [0.2, 0.25) is 11.8 Å². The molecule has 0 spiro atoms. The van der Waals surface area contributed by atoms with E-state index in [9.17, 15) is 19.2 Å². The van der Waals surface area contributed by atoms with Crippen molar-refractivity contribution >= 4 is 35.4 Å². The fraction of sp³-hybridized carbons (Fsp3) is 0.444. The molecule has 0 saturated carbocycles. The molecule has 0 saturated heterocycles. The van der Waals surface area contributed by atoms with Crippen LogP contribution in [-0.2, 0) is 40.5 Å². The molecule has 0 unspecified atom stereocenters. The Morgan fingerprint density at radius 3 is 2.22 bits per heavy atom. The Labute approximate surface area is 222 Å². The van der Waals surface area contributed by atoms with Gasteiger partial charge in [-0.15, -0.1) is 0 Å². The molecule has 9 nitrogen and oxygen atoms in total. The van der Waals surface area contributed by atoms with Gasteiger partial charge in [0.25, 0.3) is 0 Å². The molecule has 200 valence electrons. The van der Waals surface area contributed by atoms with Crippen LogP contribution in [0.4, 0.5) is 0 Å². The molecule has 0 radical (unpaired) electrons. The molecule has 0 aliphatic heterocycles. The Balaban J connectivity index is 2.25. The van der Waals surface area contributed by atoms with Crippen molar-refractivity contribution in [2.45, 2.75) is 64.5 Å². The van der Waals surface area contributed by atoms with Gasteiger partial charge >= 0.3 is 11.9 Å². The van der Waals surface area contributed by atoms with Crippen LogP contribution in [0, 0.1) is 0 Å². The molecule has 0 fully saturated rings. The predicted octanol–water partition coefficient (Wildman–Crippen LogP) is 3.13. The van der Waals surface area contributed by atoms with E-state index in [0.717, 1.165) is 0 Å². The molecule has 2 atom stereocenters. The molecule has 1 aromatic carbocycles. The highest BCUT2D eigenvalue weighted by Crippen LogP contribution is 2.25. The third-order valence-corrected chi connectivity index (χ3v) is 5.98. The molecule has 1 heterocycles. The third kappa shape index (κ3) is 9.17. The van der Waals surface area contributed by atoms with E-state index >= 15 is 0 Å². The highest BCUT2D eigenvalue weighted by Gasteiger charge is 2.34. The standard InChI is InChI=1S/C27H34ClN3O6/c1-5-36-23(32)15-14-21(25(34)37-6-2)30-24(33)22(17-20-9-7-8-16-29-20)31-26(35)27(3,4)18-10-12-19(28)13-11-18/h7-13,16,21-22H,5-6,14-15,17H2,1-4H3,(H,30,33)(H,31,35)/t21-,22+/m1/s1. The molecule has 0 bridgehead atoms. The van der Waals surface area contributed by atoms with E-state index in [4.69, 9.17) is 21.1 Å². The van der Waals surface area contributed by atoms with Gasteiger partial charge in [-0.3, -0.25) is 19.4 Å². The quantitative estimate of drug-likeness (QED) is 0.380. The van der Waals surface area contributed by atoms with E-state index in [0.29, 0.717) is 16.3 Å². The third-order valence-electron chi connectivity index (χ3n) is 5.72. The Kier molecular flexibility index (Phi) is 11.5. The number of rotatable bonds is 13. The van der Waals surface area contributed by atoms with Crippen molar-refractivity contribution in [3.8, 4) is 0 Å². The summed E-state index contributed by atoms with van der Waals surface area (Å²) in [4.78, 5) is 55.4. The molecule has 1 aromatic heterocycles. The van der Waals surface area contributed by atoms with Gasteiger partial charge in [-0.25, -0.2) is 4.79 Å². The van der Waals surface area contributed by atoms with Gasteiger partial charge in [0.05, 0.1) is 18.6 Å². The molecule has 2 amide bonds. The van der Waals surface area contributed by atoms with Crippen LogP contribution < -0.4 is 10.6 Å². The van der Waals surface area contributed by atoms with Crippen LogP contribution in [0.3, 0.4) is 0 Å².